The standard InChI is InChI=1S/C29H31N3O3/c1-6-35-28(34)25-18-26(23-12-11-20-9-7-8-10-22(20)17-23)32(31-25)24-15-13-21(14-16-24)27(33)30-19(2)29(3,4)5/h7-19H,6H2,1-5H3,(H,30,33)/t19-/m0/s1. The van der Waals surface area contributed by atoms with Crippen LogP contribution in [0.3, 0.4) is 0 Å². The average Bonchev–Trinajstić information content (AvgIpc) is 3.29. The first-order valence-corrected chi connectivity index (χ1v) is 11.8. The van der Waals surface area contributed by atoms with Crippen molar-refractivity contribution in [3.05, 3.63) is 84.1 Å². The van der Waals surface area contributed by atoms with Crippen LogP contribution in [-0.2, 0) is 4.74 Å². The first-order valence-electron chi connectivity index (χ1n) is 11.8. The Hall–Kier alpha value is -3.93. The number of hydrogen-bond donors (Lipinski definition) is 1. The third-order valence-electron chi connectivity index (χ3n) is 6.26. The highest BCUT2D eigenvalue weighted by molar-refractivity contribution is 5.95. The van der Waals surface area contributed by atoms with E-state index in [0.29, 0.717) is 5.56 Å². The molecule has 1 amide bonds. The molecule has 0 radical (unpaired) electrons. The van der Waals surface area contributed by atoms with Gasteiger partial charge in [-0.2, -0.15) is 5.10 Å². The Labute approximate surface area is 205 Å². The number of carbonyl (C=O) groups excluding carboxylic acids is 2. The predicted molar refractivity (Wildman–Crippen MR) is 139 cm³/mol. The fraction of sp³-hybridized carbons (Fsp3) is 0.276. The summed E-state index contributed by atoms with van der Waals surface area (Å²) in [4.78, 5) is 25.2. The smallest absolute Gasteiger partial charge is 0.358 e. The van der Waals surface area contributed by atoms with Gasteiger partial charge < -0.3 is 10.1 Å². The van der Waals surface area contributed by atoms with Gasteiger partial charge in [0.1, 0.15) is 0 Å². The number of benzene rings is 3. The Morgan fingerprint density at radius 2 is 1.66 bits per heavy atom. The molecule has 6 heteroatoms. The molecule has 1 N–H and O–H groups in total. The molecule has 0 saturated heterocycles. The summed E-state index contributed by atoms with van der Waals surface area (Å²) in [5, 5.41) is 9.84. The third-order valence-corrected chi connectivity index (χ3v) is 6.26. The van der Waals surface area contributed by atoms with Crippen LogP contribution in [0.4, 0.5) is 0 Å². The van der Waals surface area contributed by atoms with Gasteiger partial charge in [0.25, 0.3) is 5.91 Å². The Kier molecular flexibility index (Phi) is 6.74. The topological polar surface area (TPSA) is 73.2 Å². The number of ether oxygens (including phenoxy) is 1. The summed E-state index contributed by atoms with van der Waals surface area (Å²) in [6.07, 6.45) is 0. The largest absolute Gasteiger partial charge is 0.461 e. The van der Waals surface area contributed by atoms with E-state index in [9.17, 15) is 9.59 Å². The van der Waals surface area contributed by atoms with Crippen LogP contribution in [0.5, 0.6) is 0 Å². The molecule has 0 fully saturated rings. The van der Waals surface area contributed by atoms with E-state index in [-0.39, 0.29) is 29.7 Å². The van der Waals surface area contributed by atoms with Crippen LogP contribution in [0, 0.1) is 5.41 Å². The van der Waals surface area contributed by atoms with Crippen molar-refractivity contribution in [1.29, 1.82) is 0 Å². The van der Waals surface area contributed by atoms with Crippen LogP contribution in [-0.4, -0.2) is 34.3 Å². The lowest BCUT2D eigenvalue weighted by Crippen LogP contribution is -2.41. The summed E-state index contributed by atoms with van der Waals surface area (Å²) in [6.45, 7) is 10.3. The van der Waals surface area contributed by atoms with E-state index in [2.05, 4.69) is 55.5 Å². The van der Waals surface area contributed by atoms with Gasteiger partial charge in [0.15, 0.2) is 5.69 Å². The van der Waals surface area contributed by atoms with Gasteiger partial charge in [0, 0.05) is 17.2 Å². The third kappa shape index (κ3) is 5.27. The number of carbonyl (C=O) groups is 2. The monoisotopic (exact) mass is 469 g/mol. The molecule has 0 unspecified atom stereocenters. The zero-order valence-corrected chi connectivity index (χ0v) is 20.8. The van der Waals surface area contributed by atoms with Crippen LogP contribution >= 0.6 is 0 Å². The Bertz CT molecular complexity index is 1360. The molecule has 1 atom stereocenters. The summed E-state index contributed by atoms with van der Waals surface area (Å²) in [5.41, 5.74) is 3.18. The molecular formula is C29H31N3O3. The summed E-state index contributed by atoms with van der Waals surface area (Å²) in [5.74, 6) is -0.595. The molecule has 4 aromatic rings. The molecule has 0 aliphatic heterocycles. The van der Waals surface area contributed by atoms with Crippen LogP contribution in [0.25, 0.3) is 27.7 Å². The molecule has 4 rings (SSSR count). The van der Waals surface area contributed by atoms with Gasteiger partial charge in [-0.1, -0.05) is 57.2 Å². The summed E-state index contributed by atoms with van der Waals surface area (Å²) in [6, 6.07) is 23.2. The number of aromatic nitrogens is 2. The highest BCUT2D eigenvalue weighted by Gasteiger charge is 2.22. The van der Waals surface area contributed by atoms with Crippen molar-refractivity contribution in [2.75, 3.05) is 6.61 Å². The highest BCUT2D eigenvalue weighted by atomic mass is 16.5. The van der Waals surface area contributed by atoms with Crippen LogP contribution in [0.2, 0.25) is 0 Å². The number of hydrogen-bond acceptors (Lipinski definition) is 4. The van der Waals surface area contributed by atoms with Crippen molar-refractivity contribution >= 4 is 22.6 Å². The minimum Gasteiger partial charge on any atom is -0.461 e. The zero-order chi connectivity index (χ0) is 25.2. The second-order valence-corrected chi connectivity index (χ2v) is 9.72. The van der Waals surface area contributed by atoms with Gasteiger partial charge in [0.05, 0.1) is 18.0 Å². The van der Waals surface area contributed by atoms with E-state index in [1.807, 2.05) is 37.3 Å². The number of amides is 1. The fourth-order valence-electron chi connectivity index (χ4n) is 3.69. The number of esters is 1. The molecular weight excluding hydrogens is 438 g/mol. The Balaban J connectivity index is 1.71. The predicted octanol–water partition coefficient (Wildman–Crippen LogP) is 6.03. The number of nitrogens with zero attached hydrogens (tertiary/aromatic N) is 2. The Morgan fingerprint density at radius 3 is 2.31 bits per heavy atom. The molecule has 180 valence electrons. The zero-order valence-electron chi connectivity index (χ0n) is 20.8. The molecule has 1 heterocycles. The van der Waals surface area contributed by atoms with E-state index in [1.54, 1.807) is 29.8 Å². The number of nitrogens with one attached hydrogen (secondary N) is 1. The lowest BCUT2D eigenvalue weighted by molar-refractivity contribution is 0.0518. The molecule has 35 heavy (non-hydrogen) atoms. The van der Waals surface area contributed by atoms with E-state index < -0.39 is 5.97 Å². The second kappa shape index (κ2) is 9.74. The van der Waals surface area contributed by atoms with Gasteiger partial charge in [-0.25, -0.2) is 9.48 Å². The molecule has 0 bridgehead atoms. The molecule has 0 saturated carbocycles. The van der Waals surface area contributed by atoms with Crippen molar-refractivity contribution < 1.29 is 14.3 Å². The van der Waals surface area contributed by atoms with Crippen molar-refractivity contribution in [2.24, 2.45) is 5.41 Å². The van der Waals surface area contributed by atoms with Crippen molar-refractivity contribution in [3.63, 3.8) is 0 Å². The molecule has 0 spiro atoms. The number of fused-ring (bicyclic) bond motifs is 1. The minimum atomic E-state index is -0.472. The van der Waals surface area contributed by atoms with Crippen molar-refractivity contribution in [1.82, 2.24) is 15.1 Å². The molecule has 3 aromatic carbocycles. The average molecular weight is 470 g/mol. The summed E-state index contributed by atoms with van der Waals surface area (Å²) < 4.78 is 6.90. The van der Waals surface area contributed by atoms with Crippen LogP contribution < -0.4 is 5.32 Å². The van der Waals surface area contributed by atoms with E-state index >= 15 is 0 Å². The van der Waals surface area contributed by atoms with Crippen LogP contribution in [0.15, 0.2) is 72.8 Å². The van der Waals surface area contributed by atoms with E-state index in [4.69, 9.17) is 4.74 Å². The van der Waals surface area contributed by atoms with Crippen molar-refractivity contribution in [3.8, 4) is 16.9 Å². The Morgan fingerprint density at radius 1 is 0.971 bits per heavy atom. The lowest BCUT2D eigenvalue weighted by Gasteiger charge is -2.28. The second-order valence-electron chi connectivity index (χ2n) is 9.72. The minimum absolute atomic E-state index is 0.0208. The number of rotatable bonds is 6. The fourth-order valence-corrected chi connectivity index (χ4v) is 3.69. The lowest BCUT2D eigenvalue weighted by atomic mass is 9.88. The van der Waals surface area contributed by atoms with Gasteiger partial charge in [0.2, 0.25) is 0 Å². The van der Waals surface area contributed by atoms with Gasteiger partial charge in [-0.15, -0.1) is 0 Å². The molecule has 1 aromatic heterocycles. The van der Waals surface area contributed by atoms with E-state index in [0.717, 1.165) is 27.7 Å². The van der Waals surface area contributed by atoms with Crippen molar-refractivity contribution in [2.45, 2.75) is 40.7 Å². The van der Waals surface area contributed by atoms with Gasteiger partial charge in [-0.05, 0) is 66.4 Å². The first-order chi connectivity index (χ1) is 16.7. The molecule has 0 aliphatic rings. The maximum Gasteiger partial charge on any atom is 0.358 e. The normalized spacial score (nSPS) is 12.4. The maximum atomic E-state index is 12.7. The van der Waals surface area contributed by atoms with Crippen LogP contribution in [0.1, 0.15) is 55.5 Å². The summed E-state index contributed by atoms with van der Waals surface area (Å²) in [7, 11) is 0. The summed E-state index contributed by atoms with van der Waals surface area (Å²) >= 11 is 0. The van der Waals surface area contributed by atoms with E-state index in [1.165, 1.54) is 0 Å². The quantitative estimate of drug-likeness (QED) is 0.350. The van der Waals surface area contributed by atoms with Gasteiger partial charge >= 0.3 is 5.97 Å². The first kappa shape index (κ1) is 24.2. The maximum absolute atomic E-state index is 12.7. The molecule has 6 nitrogen and oxygen atoms in total. The SMILES string of the molecule is CCOC(=O)c1cc(-c2ccc3ccccc3c2)n(-c2ccc(C(=O)N[C@@H](C)C(C)(C)C)cc2)n1. The van der Waals surface area contributed by atoms with Gasteiger partial charge in [-0.3, -0.25) is 4.79 Å². The highest BCUT2D eigenvalue weighted by Crippen LogP contribution is 2.28. The molecule has 0 aliphatic carbocycles.